The highest BCUT2D eigenvalue weighted by Crippen LogP contribution is 2.24. The Labute approximate surface area is 134 Å². The van der Waals surface area contributed by atoms with Gasteiger partial charge in [-0.1, -0.05) is 24.6 Å². The van der Waals surface area contributed by atoms with Gasteiger partial charge in [0.15, 0.2) is 11.4 Å². The molecule has 0 saturated carbocycles. The number of hydrogen-bond acceptors (Lipinski definition) is 3. The van der Waals surface area contributed by atoms with Gasteiger partial charge < -0.3 is 10.0 Å². The van der Waals surface area contributed by atoms with E-state index in [9.17, 15) is 9.90 Å². The van der Waals surface area contributed by atoms with Crippen molar-refractivity contribution < 1.29 is 9.90 Å². The summed E-state index contributed by atoms with van der Waals surface area (Å²) in [5.41, 5.74) is 0.794. The summed E-state index contributed by atoms with van der Waals surface area (Å²) in [4.78, 5) is 14.3. The molecule has 3 rings (SSSR count). The molecule has 1 aliphatic rings. The molecule has 1 unspecified atom stereocenters. The van der Waals surface area contributed by atoms with Crippen molar-refractivity contribution in [2.24, 2.45) is 5.92 Å². The smallest absolute Gasteiger partial charge is 0.278 e. The summed E-state index contributed by atoms with van der Waals surface area (Å²) in [6.45, 7) is 3.55. The van der Waals surface area contributed by atoms with Crippen LogP contribution in [0.4, 0.5) is 0 Å². The maximum Gasteiger partial charge on any atom is 0.278 e. The number of carbonyl (C=O) groups is 1. The maximum atomic E-state index is 12.5. The molecule has 6 heteroatoms. The summed E-state index contributed by atoms with van der Waals surface area (Å²) in [5.74, 6) is 0.155. The molecule has 1 fully saturated rings. The lowest BCUT2D eigenvalue weighted by Gasteiger charge is -2.30. The number of carbonyl (C=O) groups excluding carboxylic acids is 1. The highest BCUT2D eigenvalue weighted by molar-refractivity contribution is 6.30. The first-order valence-corrected chi connectivity index (χ1v) is 7.76. The summed E-state index contributed by atoms with van der Waals surface area (Å²) in [5, 5.41) is 14.9. The van der Waals surface area contributed by atoms with E-state index in [4.69, 9.17) is 11.6 Å². The third-order valence-corrected chi connectivity index (χ3v) is 4.15. The number of aromatic hydroxyl groups is 1. The molecule has 0 radical (unpaired) electrons. The van der Waals surface area contributed by atoms with Crippen molar-refractivity contribution in [2.75, 3.05) is 13.1 Å². The zero-order valence-corrected chi connectivity index (χ0v) is 13.1. The first-order valence-electron chi connectivity index (χ1n) is 7.38. The monoisotopic (exact) mass is 319 g/mol. The Morgan fingerprint density at radius 3 is 3.00 bits per heavy atom. The third-order valence-electron chi connectivity index (χ3n) is 3.91. The van der Waals surface area contributed by atoms with Crippen LogP contribution in [0, 0.1) is 5.92 Å². The number of halogens is 1. The van der Waals surface area contributed by atoms with Gasteiger partial charge in [0.1, 0.15) is 0 Å². The molecule has 1 saturated heterocycles. The zero-order chi connectivity index (χ0) is 15.7. The third kappa shape index (κ3) is 2.95. The molecular weight excluding hydrogens is 302 g/mol. The molecule has 1 atom stereocenters. The van der Waals surface area contributed by atoms with Crippen LogP contribution in [0.5, 0.6) is 5.75 Å². The normalized spacial score (nSPS) is 18.5. The molecular formula is C16H18ClN3O2. The summed E-state index contributed by atoms with van der Waals surface area (Å²) in [6.07, 6.45) is 3.56. The molecule has 116 valence electrons. The summed E-state index contributed by atoms with van der Waals surface area (Å²) in [7, 11) is 0. The van der Waals surface area contributed by atoms with Crippen molar-refractivity contribution >= 4 is 17.5 Å². The molecule has 1 amide bonds. The molecule has 2 heterocycles. The first kappa shape index (κ1) is 14.9. The average molecular weight is 320 g/mol. The molecule has 1 aromatic heterocycles. The van der Waals surface area contributed by atoms with Gasteiger partial charge in [0, 0.05) is 18.1 Å². The molecule has 1 aromatic carbocycles. The lowest BCUT2D eigenvalue weighted by molar-refractivity contribution is 0.0673. The van der Waals surface area contributed by atoms with Gasteiger partial charge in [-0.2, -0.15) is 5.10 Å². The van der Waals surface area contributed by atoms with E-state index in [1.165, 1.54) is 10.9 Å². The number of nitrogens with zero attached hydrogens (tertiary/aromatic N) is 3. The van der Waals surface area contributed by atoms with E-state index in [0.717, 1.165) is 12.8 Å². The Balaban J connectivity index is 1.87. The highest BCUT2D eigenvalue weighted by atomic mass is 35.5. The number of benzene rings is 1. The number of piperidine rings is 1. The van der Waals surface area contributed by atoms with Gasteiger partial charge in [0.2, 0.25) is 0 Å². The lowest BCUT2D eigenvalue weighted by atomic mass is 10.00. The first-order chi connectivity index (χ1) is 10.5. The fourth-order valence-electron chi connectivity index (χ4n) is 2.79. The Bertz CT molecular complexity index is 698. The van der Waals surface area contributed by atoms with Crippen LogP contribution in [0.3, 0.4) is 0 Å². The van der Waals surface area contributed by atoms with Gasteiger partial charge in [0.05, 0.1) is 11.9 Å². The van der Waals surface area contributed by atoms with Gasteiger partial charge in [-0.25, -0.2) is 4.68 Å². The minimum absolute atomic E-state index is 0.0917. The molecule has 5 nitrogen and oxygen atoms in total. The van der Waals surface area contributed by atoms with Crippen molar-refractivity contribution in [3.8, 4) is 11.4 Å². The fraction of sp³-hybridized carbons (Fsp3) is 0.375. The van der Waals surface area contributed by atoms with Gasteiger partial charge in [-0.3, -0.25) is 4.79 Å². The molecule has 0 bridgehead atoms. The van der Waals surface area contributed by atoms with Crippen LogP contribution in [0.25, 0.3) is 5.69 Å². The van der Waals surface area contributed by atoms with Gasteiger partial charge in [0.25, 0.3) is 5.91 Å². The minimum atomic E-state index is -0.218. The Morgan fingerprint density at radius 1 is 1.45 bits per heavy atom. The van der Waals surface area contributed by atoms with Crippen LogP contribution in [-0.2, 0) is 0 Å². The van der Waals surface area contributed by atoms with Crippen LogP contribution < -0.4 is 0 Å². The molecule has 1 aliphatic heterocycles. The molecule has 0 spiro atoms. The minimum Gasteiger partial charge on any atom is -0.504 e. The van der Waals surface area contributed by atoms with E-state index >= 15 is 0 Å². The SMILES string of the molecule is CC1CCCN(C(=O)c2nn(-c3cccc(Cl)c3)cc2O)C1. The van der Waals surface area contributed by atoms with Crippen LogP contribution in [-0.4, -0.2) is 38.8 Å². The summed E-state index contributed by atoms with van der Waals surface area (Å²) < 4.78 is 1.47. The zero-order valence-electron chi connectivity index (χ0n) is 12.4. The van der Waals surface area contributed by atoms with Crippen molar-refractivity contribution in [3.63, 3.8) is 0 Å². The van der Waals surface area contributed by atoms with Gasteiger partial charge >= 0.3 is 0 Å². The van der Waals surface area contributed by atoms with Crippen LogP contribution >= 0.6 is 11.6 Å². The quantitative estimate of drug-likeness (QED) is 0.925. The van der Waals surface area contributed by atoms with E-state index < -0.39 is 0 Å². The van der Waals surface area contributed by atoms with Crippen molar-refractivity contribution in [2.45, 2.75) is 19.8 Å². The van der Waals surface area contributed by atoms with Crippen molar-refractivity contribution in [3.05, 3.63) is 41.2 Å². The van der Waals surface area contributed by atoms with Crippen LogP contribution in [0.1, 0.15) is 30.3 Å². The summed E-state index contributed by atoms with van der Waals surface area (Å²) >= 11 is 5.96. The number of rotatable bonds is 2. The van der Waals surface area contributed by atoms with Crippen molar-refractivity contribution in [1.29, 1.82) is 0 Å². The Morgan fingerprint density at radius 2 is 2.27 bits per heavy atom. The Hall–Kier alpha value is -2.01. The second kappa shape index (κ2) is 6.01. The Kier molecular flexibility index (Phi) is 4.07. The topological polar surface area (TPSA) is 58.4 Å². The van der Waals surface area contributed by atoms with Gasteiger partial charge in [-0.15, -0.1) is 0 Å². The number of amides is 1. The lowest BCUT2D eigenvalue weighted by Crippen LogP contribution is -2.39. The van der Waals surface area contributed by atoms with Gasteiger partial charge in [-0.05, 0) is 37.0 Å². The number of likely N-dealkylation sites (tertiary alicyclic amines) is 1. The standard InChI is InChI=1S/C16H18ClN3O2/c1-11-4-3-7-19(9-11)16(22)15-14(21)10-20(18-15)13-6-2-5-12(17)8-13/h2,5-6,8,10-11,21H,3-4,7,9H2,1H3. The van der Waals surface area contributed by atoms with Crippen molar-refractivity contribution in [1.82, 2.24) is 14.7 Å². The van der Waals surface area contributed by atoms with E-state index in [1.54, 1.807) is 23.1 Å². The number of hydrogen-bond donors (Lipinski definition) is 1. The molecule has 0 aliphatic carbocycles. The molecule has 22 heavy (non-hydrogen) atoms. The maximum absolute atomic E-state index is 12.5. The van der Waals surface area contributed by atoms with Crippen LogP contribution in [0.2, 0.25) is 5.02 Å². The largest absolute Gasteiger partial charge is 0.504 e. The van der Waals surface area contributed by atoms with E-state index in [-0.39, 0.29) is 17.4 Å². The predicted molar refractivity (Wildman–Crippen MR) is 84.5 cm³/mol. The van der Waals surface area contributed by atoms with E-state index in [0.29, 0.717) is 29.7 Å². The molecule has 1 N–H and O–H groups in total. The highest BCUT2D eigenvalue weighted by Gasteiger charge is 2.26. The predicted octanol–water partition coefficient (Wildman–Crippen LogP) is 3.10. The average Bonchev–Trinajstić information content (AvgIpc) is 2.88. The van der Waals surface area contributed by atoms with E-state index in [1.807, 2.05) is 6.07 Å². The van der Waals surface area contributed by atoms with E-state index in [2.05, 4.69) is 12.0 Å². The number of aromatic nitrogens is 2. The fourth-order valence-corrected chi connectivity index (χ4v) is 2.98. The summed E-state index contributed by atoms with van der Waals surface area (Å²) in [6, 6.07) is 7.10. The second-order valence-corrected chi connectivity index (χ2v) is 6.22. The second-order valence-electron chi connectivity index (χ2n) is 5.79. The van der Waals surface area contributed by atoms with Crippen LogP contribution in [0.15, 0.2) is 30.5 Å². The molecule has 2 aromatic rings.